The Hall–Kier alpha value is 0.830. The molecule has 1 aliphatic heterocycles. The molecule has 2 heteroatoms. The van der Waals surface area contributed by atoms with Crippen LogP contribution in [0, 0.1) is 11.3 Å². The summed E-state index contributed by atoms with van der Waals surface area (Å²) < 4.78 is 0. The van der Waals surface area contributed by atoms with Crippen LogP contribution >= 0.6 is 27.7 Å². The van der Waals surface area contributed by atoms with E-state index in [1.807, 2.05) is 0 Å². The lowest BCUT2D eigenvalue weighted by Crippen LogP contribution is -2.29. The van der Waals surface area contributed by atoms with Crippen molar-refractivity contribution in [1.29, 1.82) is 0 Å². The highest BCUT2D eigenvalue weighted by atomic mass is 79.9. The largest absolute Gasteiger partial charge is 0.162 e. The molecule has 1 aliphatic rings. The van der Waals surface area contributed by atoms with Crippen LogP contribution in [0.25, 0.3) is 0 Å². The van der Waals surface area contributed by atoms with Crippen molar-refractivity contribution in [1.82, 2.24) is 0 Å². The van der Waals surface area contributed by atoms with Gasteiger partial charge in [0.25, 0.3) is 0 Å². The van der Waals surface area contributed by atoms with Crippen LogP contribution in [0.1, 0.15) is 26.7 Å². The van der Waals surface area contributed by atoms with Crippen LogP contribution in [0.2, 0.25) is 0 Å². The molecule has 1 fully saturated rings. The molecule has 0 radical (unpaired) electrons. The minimum absolute atomic E-state index is 0.507. The van der Waals surface area contributed by atoms with E-state index in [9.17, 15) is 0 Å². The SMILES string of the molecule is CC(C)(CBr)C1CCCSC1. The molecule has 0 N–H and O–H groups in total. The second-order valence-corrected chi connectivity index (χ2v) is 5.75. The van der Waals surface area contributed by atoms with E-state index in [4.69, 9.17) is 0 Å². The third-order valence-electron chi connectivity index (χ3n) is 2.61. The van der Waals surface area contributed by atoms with Crippen molar-refractivity contribution < 1.29 is 0 Å². The summed E-state index contributed by atoms with van der Waals surface area (Å²) in [7, 11) is 0. The smallest absolute Gasteiger partial charge is 0.00856 e. The first-order valence-corrected chi connectivity index (χ1v) is 6.58. The number of hydrogen-bond donors (Lipinski definition) is 0. The third-order valence-corrected chi connectivity index (χ3v) is 5.27. The van der Waals surface area contributed by atoms with Crippen LogP contribution in [-0.2, 0) is 0 Å². The molecule has 0 spiro atoms. The monoisotopic (exact) mass is 236 g/mol. The lowest BCUT2D eigenvalue weighted by molar-refractivity contribution is 0.256. The Morgan fingerprint density at radius 2 is 2.27 bits per heavy atom. The van der Waals surface area contributed by atoms with Crippen LogP contribution in [0.4, 0.5) is 0 Å². The number of alkyl halides is 1. The third kappa shape index (κ3) is 2.66. The summed E-state index contributed by atoms with van der Waals surface area (Å²) >= 11 is 5.72. The van der Waals surface area contributed by atoms with Crippen molar-refractivity contribution in [2.75, 3.05) is 16.8 Å². The zero-order valence-corrected chi connectivity index (χ0v) is 9.80. The summed E-state index contributed by atoms with van der Waals surface area (Å²) in [5, 5.41) is 1.14. The Kier molecular flexibility index (Phi) is 3.76. The first-order chi connectivity index (χ1) is 5.17. The second-order valence-electron chi connectivity index (χ2n) is 4.04. The van der Waals surface area contributed by atoms with Crippen molar-refractivity contribution in [2.45, 2.75) is 26.7 Å². The molecule has 1 rings (SSSR count). The molecular formula is C9H17BrS. The highest BCUT2D eigenvalue weighted by Gasteiger charge is 2.29. The maximum Gasteiger partial charge on any atom is 0.00856 e. The lowest BCUT2D eigenvalue weighted by Gasteiger charge is -2.35. The number of hydrogen-bond acceptors (Lipinski definition) is 1. The normalized spacial score (nSPS) is 27.0. The summed E-state index contributed by atoms with van der Waals surface area (Å²) in [5.74, 6) is 3.69. The Morgan fingerprint density at radius 3 is 2.73 bits per heavy atom. The van der Waals surface area contributed by atoms with E-state index in [0.717, 1.165) is 11.2 Å². The molecular weight excluding hydrogens is 220 g/mol. The zero-order valence-electron chi connectivity index (χ0n) is 7.40. The van der Waals surface area contributed by atoms with Gasteiger partial charge in [-0.15, -0.1) is 0 Å². The Bertz CT molecular complexity index is 117. The van der Waals surface area contributed by atoms with Crippen molar-refractivity contribution >= 4 is 27.7 Å². The molecule has 0 aromatic carbocycles. The van der Waals surface area contributed by atoms with Gasteiger partial charge in [-0.2, -0.15) is 11.8 Å². The van der Waals surface area contributed by atoms with E-state index >= 15 is 0 Å². The first-order valence-electron chi connectivity index (χ1n) is 4.30. The summed E-state index contributed by atoms with van der Waals surface area (Å²) in [6.07, 6.45) is 2.86. The minimum atomic E-state index is 0.507. The summed E-state index contributed by atoms with van der Waals surface area (Å²) in [4.78, 5) is 0. The fraction of sp³-hybridized carbons (Fsp3) is 1.00. The predicted molar refractivity (Wildman–Crippen MR) is 57.6 cm³/mol. The zero-order chi connectivity index (χ0) is 8.32. The molecule has 0 aromatic heterocycles. The van der Waals surface area contributed by atoms with Gasteiger partial charge >= 0.3 is 0 Å². The van der Waals surface area contributed by atoms with Crippen LogP contribution in [0.5, 0.6) is 0 Å². The van der Waals surface area contributed by atoms with E-state index in [-0.39, 0.29) is 0 Å². The number of thioether (sulfide) groups is 1. The van der Waals surface area contributed by atoms with Crippen LogP contribution in [-0.4, -0.2) is 16.8 Å². The van der Waals surface area contributed by atoms with Gasteiger partial charge in [-0.05, 0) is 35.7 Å². The molecule has 1 heterocycles. The summed E-state index contributed by atoms with van der Waals surface area (Å²) in [6.45, 7) is 4.75. The Labute approximate surface area is 82.6 Å². The molecule has 0 aliphatic carbocycles. The second kappa shape index (κ2) is 4.18. The molecule has 1 atom stereocenters. The van der Waals surface area contributed by atoms with Gasteiger partial charge in [-0.1, -0.05) is 29.8 Å². The van der Waals surface area contributed by atoms with Crippen molar-refractivity contribution in [3.8, 4) is 0 Å². The van der Waals surface area contributed by atoms with Crippen LogP contribution in [0.15, 0.2) is 0 Å². The van der Waals surface area contributed by atoms with Gasteiger partial charge in [0.15, 0.2) is 0 Å². The van der Waals surface area contributed by atoms with Gasteiger partial charge in [0.1, 0.15) is 0 Å². The van der Waals surface area contributed by atoms with Gasteiger partial charge in [0.2, 0.25) is 0 Å². The fourth-order valence-electron chi connectivity index (χ4n) is 1.47. The summed E-state index contributed by atoms with van der Waals surface area (Å²) in [6, 6.07) is 0. The summed E-state index contributed by atoms with van der Waals surface area (Å²) in [5.41, 5.74) is 0.507. The van der Waals surface area contributed by atoms with E-state index in [1.165, 1.54) is 24.3 Å². The van der Waals surface area contributed by atoms with Crippen LogP contribution < -0.4 is 0 Å². The standard InChI is InChI=1S/C9H17BrS/c1-9(2,7-10)8-4-3-5-11-6-8/h8H,3-7H2,1-2H3. The number of halogens is 1. The molecule has 66 valence electrons. The molecule has 0 bridgehead atoms. The molecule has 11 heavy (non-hydrogen) atoms. The van der Waals surface area contributed by atoms with Crippen molar-refractivity contribution in [3.05, 3.63) is 0 Å². The van der Waals surface area contributed by atoms with Crippen molar-refractivity contribution in [2.24, 2.45) is 11.3 Å². The quantitative estimate of drug-likeness (QED) is 0.662. The Morgan fingerprint density at radius 1 is 1.55 bits per heavy atom. The maximum atomic E-state index is 3.60. The van der Waals surface area contributed by atoms with E-state index < -0.39 is 0 Å². The molecule has 1 saturated heterocycles. The van der Waals surface area contributed by atoms with Crippen LogP contribution in [0.3, 0.4) is 0 Å². The van der Waals surface area contributed by atoms with E-state index in [0.29, 0.717) is 5.41 Å². The number of rotatable bonds is 2. The maximum absolute atomic E-state index is 3.60. The fourth-order valence-corrected chi connectivity index (χ4v) is 3.36. The average molecular weight is 237 g/mol. The first kappa shape index (κ1) is 9.91. The minimum Gasteiger partial charge on any atom is -0.162 e. The van der Waals surface area contributed by atoms with Gasteiger partial charge in [-0.25, -0.2) is 0 Å². The van der Waals surface area contributed by atoms with E-state index in [2.05, 4.69) is 41.5 Å². The van der Waals surface area contributed by atoms with Gasteiger partial charge in [0.05, 0.1) is 0 Å². The molecule has 0 saturated carbocycles. The molecule has 1 unspecified atom stereocenters. The Balaban J connectivity index is 2.43. The molecule has 0 amide bonds. The van der Waals surface area contributed by atoms with Gasteiger partial charge < -0.3 is 0 Å². The van der Waals surface area contributed by atoms with Gasteiger partial charge in [0, 0.05) is 5.33 Å². The van der Waals surface area contributed by atoms with Crippen molar-refractivity contribution in [3.63, 3.8) is 0 Å². The highest BCUT2D eigenvalue weighted by molar-refractivity contribution is 9.09. The van der Waals surface area contributed by atoms with E-state index in [1.54, 1.807) is 0 Å². The lowest BCUT2D eigenvalue weighted by atomic mass is 9.79. The molecule has 0 aromatic rings. The topological polar surface area (TPSA) is 0 Å². The average Bonchev–Trinajstić information content (AvgIpc) is 2.06. The highest BCUT2D eigenvalue weighted by Crippen LogP contribution is 2.37. The molecule has 0 nitrogen and oxygen atoms in total. The predicted octanol–water partition coefficient (Wildman–Crippen LogP) is 3.55. The van der Waals surface area contributed by atoms with Gasteiger partial charge in [-0.3, -0.25) is 0 Å².